The third kappa shape index (κ3) is 2.16. The van der Waals surface area contributed by atoms with Crippen molar-refractivity contribution in [1.29, 1.82) is 0 Å². The Morgan fingerprint density at radius 2 is 1.88 bits per heavy atom. The number of halogens is 1. The summed E-state index contributed by atoms with van der Waals surface area (Å²) in [4.78, 5) is 23.8. The highest BCUT2D eigenvalue weighted by molar-refractivity contribution is 9.09. The van der Waals surface area contributed by atoms with Gasteiger partial charge in [-0.3, -0.25) is 4.79 Å². The second-order valence-corrected chi connectivity index (χ2v) is 5.01. The Morgan fingerprint density at radius 1 is 1.31 bits per heavy atom. The number of piperidine rings is 1. The molecule has 0 spiro atoms. The van der Waals surface area contributed by atoms with Crippen LogP contribution >= 0.6 is 15.9 Å². The first kappa shape index (κ1) is 11.7. The summed E-state index contributed by atoms with van der Waals surface area (Å²) in [6.45, 7) is 0. The summed E-state index contributed by atoms with van der Waals surface area (Å²) in [5, 5.41) is 12.3. The number of alkyl halides is 1. The van der Waals surface area contributed by atoms with Gasteiger partial charge in [-0.2, -0.15) is 0 Å². The van der Waals surface area contributed by atoms with Crippen molar-refractivity contribution >= 4 is 27.9 Å². The lowest BCUT2D eigenvalue weighted by Gasteiger charge is -2.37. The van der Waals surface area contributed by atoms with Crippen LogP contribution in [0.5, 0.6) is 0 Å². The van der Waals surface area contributed by atoms with Crippen molar-refractivity contribution in [1.82, 2.24) is 10.2 Å². The van der Waals surface area contributed by atoms with Crippen LogP contribution in [0.25, 0.3) is 0 Å². The average molecular weight is 291 g/mol. The number of carboxylic acid groups (broad SMARTS) is 1. The predicted molar refractivity (Wildman–Crippen MR) is 61.6 cm³/mol. The van der Waals surface area contributed by atoms with Crippen LogP contribution in [0.15, 0.2) is 0 Å². The fourth-order valence-electron chi connectivity index (χ4n) is 2.87. The van der Waals surface area contributed by atoms with Crippen molar-refractivity contribution in [2.24, 2.45) is 0 Å². The van der Waals surface area contributed by atoms with E-state index in [4.69, 9.17) is 5.11 Å². The van der Waals surface area contributed by atoms with Gasteiger partial charge in [0.05, 0.1) is 5.33 Å². The number of carbonyl (C=O) groups excluding carboxylic acids is 1. The van der Waals surface area contributed by atoms with Crippen molar-refractivity contribution in [3.05, 3.63) is 0 Å². The van der Waals surface area contributed by atoms with Crippen LogP contribution in [0.2, 0.25) is 0 Å². The topological polar surface area (TPSA) is 69.6 Å². The van der Waals surface area contributed by atoms with Crippen molar-refractivity contribution in [3.63, 3.8) is 0 Å². The second-order valence-electron chi connectivity index (χ2n) is 4.44. The van der Waals surface area contributed by atoms with Crippen LogP contribution in [-0.2, 0) is 4.79 Å². The monoisotopic (exact) mass is 290 g/mol. The molecule has 2 rings (SSSR count). The lowest BCUT2D eigenvalue weighted by molar-refractivity contribution is -0.119. The summed E-state index contributed by atoms with van der Waals surface area (Å²) in [6.07, 6.45) is 2.54. The molecule has 2 amide bonds. The van der Waals surface area contributed by atoms with E-state index in [-0.39, 0.29) is 24.0 Å². The zero-order valence-electron chi connectivity index (χ0n) is 8.86. The molecule has 2 saturated heterocycles. The van der Waals surface area contributed by atoms with Crippen LogP contribution in [0.3, 0.4) is 0 Å². The van der Waals surface area contributed by atoms with Gasteiger partial charge in [0, 0.05) is 18.1 Å². The van der Waals surface area contributed by atoms with Gasteiger partial charge in [-0.25, -0.2) is 4.79 Å². The molecule has 3 atom stereocenters. The SMILES string of the molecule is O=C(CBr)NC1C[C@H]2CC[C@@H](C1)N2C(=O)O. The lowest BCUT2D eigenvalue weighted by Crippen LogP contribution is -2.52. The van der Waals surface area contributed by atoms with Gasteiger partial charge in [-0.15, -0.1) is 0 Å². The van der Waals surface area contributed by atoms with Crippen LogP contribution < -0.4 is 5.32 Å². The minimum Gasteiger partial charge on any atom is -0.465 e. The van der Waals surface area contributed by atoms with Crippen LogP contribution in [0.4, 0.5) is 4.79 Å². The van der Waals surface area contributed by atoms with Crippen LogP contribution in [0, 0.1) is 0 Å². The van der Waals surface area contributed by atoms with Crippen molar-refractivity contribution in [3.8, 4) is 0 Å². The van der Waals surface area contributed by atoms with Crippen molar-refractivity contribution in [2.45, 2.75) is 43.8 Å². The summed E-state index contributed by atoms with van der Waals surface area (Å²) < 4.78 is 0. The lowest BCUT2D eigenvalue weighted by atomic mass is 9.98. The van der Waals surface area contributed by atoms with Gasteiger partial charge in [-0.05, 0) is 25.7 Å². The molecule has 5 nitrogen and oxygen atoms in total. The molecule has 16 heavy (non-hydrogen) atoms. The van der Waals surface area contributed by atoms with Crippen LogP contribution in [-0.4, -0.2) is 45.5 Å². The molecule has 0 aromatic carbocycles. The number of amides is 2. The zero-order chi connectivity index (χ0) is 11.7. The smallest absolute Gasteiger partial charge is 0.407 e. The molecule has 2 N–H and O–H groups in total. The molecule has 2 aliphatic rings. The molecule has 0 aliphatic carbocycles. The molecule has 2 heterocycles. The first-order valence-electron chi connectivity index (χ1n) is 5.48. The van der Waals surface area contributed by atoms with E-state index < -0.39 is 6.09 Å². The van der Waals surface area contributed by atoms with E-state index in [1.165, 1.54) is 0 Å². The highest BCUT2D eigenvalue weighted by atomic mass is 79.9. The van der Waals surface area contributed by atoms with Crippen molar-refractivity contribution < 1.29 is 14.7 Å². The Bertz CT molecular complexity index is 296. The minimum absolute atomic E-state index is 0.0202. The zero-order valence-corrected chi connectivity index (χ0v) is 10.4. The molecule has 0 aromatic rings. The molecule has 0 saturated carbocycles. The van der Waals surface area contributed by atoms with E-state index in [0.717, 1.165) is 25.7 Å². The molecule has 1 unspecified atom stereocenters. The quantitative estimate of drug-likeness (QED) is 0.750. The Morgan fingerprint density at radius 3 is 2.31 bits per heavy atom. The van der Waals surface area contributed by atoms with Gasteiger partial charge in [0.25, 0.3) is 0 Å². The molecular weight excluding hydrogens is 276 g/mol. The minimum atomic E-state index is -0.822. The molecule has 90 valence electrons. The first-order chi connectivity index (χ1) is 7.61. The van der Waals surface area contributed by atoms with Gasteiger partial charge >= 0.3 is 6.09 Å². The van der Waals surface area contributed by atoms with Gasteiger partial charge in [0.1, 0.15) is 0 Å². The van der Waals surface area contributed by atoms with Crippen molar-refractivity contribution in [2.75, 3.05) is 5.33 Å². The average Bonchev–Trinajstić information content (AvgIpc) is 2.51. The molecule has 2 fully saturated rings. The fourth-order valence-corrected chi connectivity index (χ4v) is 3.04. The van der Waals surface area contributed by atoms with Gasteiger partial charge < -0.3 is 15.3 Å². The van der Waals surface area contributed by atoms with E-state index in [1.54, 1.807) is 4.90 Å². The Kier molecular flexibility index (Phi) is 3.37. The number of hydrogen-bond donors (Lipinski definition) is 2. The number of nitrogens with one attached hydrogen (secondary N) is 1. The largest absolute Gasteiger partial charge is 0.465 e. The molecule has 0 radical (unpaired) electrons. The maximum Gasteiger partial charge on any atom is 0.407 e. The second kappa shape index (κ2) is 4.61. The van der Waals surface area contributed by atoms with E-state index in [0.29, 0.717) is 5.33 Å². The maximum atomic E-state index is 11.2. The first-order valence-corrected chi connectivity index (χ1v) is 6.60. The fraction of sp³-hybridized carbons (Fsp3) is 0.800. The normalized spacial score (nSPS) is 32.6. The Balaban J connectivity index is 1.97. The van der Waals surface area contributed by atoms with E-state index in [1.807, 2.05) is 0 Å². The number of rotatable bonds is 2. The summed E-state index contributed by atoms with van der Waals surface area (Å²) >= 11 is 3.11. The highest BCUT2D eigenvalue weighted by Crippen LogP contribution is 2.35. The van der Waals surface area contributed by atoms with Gasteiger partial charge in [0.2, 0.25) is 5.91 Å². The van der Waals surface area contributed by atoms with Gasteiger partial charge in [-0.1, -0.05) is 15.9 Å². The summed E-state index contributed by atoms with van der Waals surface area (Å²) in [6, 6.07) is 0.326. The van der Waals surface area contributed by atoms with Crippen LogP contribution in [0.1, 0.15) is 25.7 Å². The highest BCUT2D eigenvalue weighted by Gasteiger charge is 2.43. The maximum absolute atomic E-state index is 11.2. The third-order valence-corrected chi connectivity index (χ3v) is 3.95. The Labute approximate surface area is 102 Å². The van der Waals surface area contributed by atoms with E-state index in [2.05, 4.69) is 21.2 Å². The molecular formula is C10H15BrN2O3. The predicted octanol–water partition coefficient (Wildman–Crippen LogP) is 1.17. The standard InChI is InChI=1S/C10H15BrN2O3/c11-5-9(14)12-6-3-7-1-2-8(4-6)13(7)10(15)16/h6-8H,1-5H2,(H,12,14)(H,15,16)/t6?,7-,8+. The summed E-state index contributed by atoms with van der Waals surface area (Å²) in [5.74, 6) is -0.0202. The number of carbonyl (C=O) groups is 2. The molecule has 0 aromatic heterocycles. The molecule has 2 bridgehead atoms. The van der Waals surface area contributed by atoms with E-state index in [9.17, 15) is 9.59 Å². The third-order valence-electron chi connectivity index (χ3n) is 3.44. The number of nitrogens with zero attached hydrogens (tertiary/aromatic N) is 1. The van der Waals surface area contributed by atoms with Gasteiger partial charge in [0.15, 0.2) is 0 Å². The number of hydrogen-bond acceptors (Lipinski definition) is 2. The molecule has 6 heteroatoms. The Hall–Kier alpha value is -0.780. The summed E-state index contributed by atoms with van der Waals surface area (Å²) in [5.41, 5.74) is 0. The number of fused-ring (bicyclic) bond motifs is 2. The summed E-state index contributed by atoms with van der Waals surface area (Å²) in [7, 11) is 0. The van der Waals surface area contributed by atoms with E-state index >= 15 is 0 Å². The molecule has 2 aliphatic heterocycles.